The molecule has 0 aliphatic heterocycles. The first-order chi connectivity index (χ1) is 7.10. The topological polar surface area (TPSA) is 72.5 Å². The van der Waals surface area contributed by atoms with Gasteiger partial charge in [-0.05, 0) is 33.6 Å². The van der Waals surface area contributed by atoms with Crippen molar-refractivity contribution in [1.29, 1.82) is 0 Å². The highest BCUT2D eigenvalue weighted by atomic mass is 79.9. The van der Waals surface area contributed by atoms with E-state index in [0.717, 1.165) is 4.47 Å². The lowest BCUT2D eigenvalue weighted by Crippen LogP contribution is -2.21. The summed E-state index contributed by atoms with van der Waals surface area (Å²) in [6.07, 6.45) is 0. The van der Waals surface area contributed by atoms with Crippen molar-refractivity contribution in [3.8, 4) is 5.75 Å². The van der Waals surface area contributed by atoms with Crippen LogP contribution in [0.15, 0.2) is 22.7 Å². The number of benzene rings is 1. The Hall–Kier alpha value is -1.07. The Morgan fingerprint density at radius 1 is 1.67 bits per heavy atom. The van der Waals surface area contributed by atoms with Crippen molar-refractivity contribution in [2.45, 2.75) is 5.92 Å². The molecule has 0 aliphatic rings. The summed E-state index contributed by atoms with van der Waals surface area (Å²) in [5.41, 5.74) is 6.06. The number of methoxy groups -OCH3 is 1. The first-order valence-electron chi connectivity index (χ1n) is 4.36. The van der Waals surface area contributed by atoms with Gasteiger partial charge >= 0.3 is 5.97 Å². The zero-order valence-electron chi connectivity index (χ0n) is 8.24. The molecular weight excluding hydrogens is 262 g/mol. The van der Waals surface area contributed by atoms with Crippen LogP contribution in [0, 0.1) is 0 Å². The average Bonchev–Trinajstić information content (AvgIpc) is 2.18. The largest absolute Gasteiger partial charge is 0.496 e. The van der Waals surface area contributed by atoms with E-state index in [1.54, 1.807) is 25.3 Å². The highest BCUT2D eigenvalue weighted by Gasteiger charge is 2.18. The number of carboxylic acid groups (broad SMARTS) is 1. The Bertz CT molecular complexity index is 368. The Morgan fingerprint density at radius 3 is 2.73 bits per heavy atom. The van der Waals surface area contributed by atoms with E-state index in [0.29, 0.717) is 11.3 Å². The third-order valence-electron chi connectivity index (χ3n) is 2.11. The maximum absolute atomic E-state index is 10.9. The zero-order valence-corrected chi connectivity index (χ0v) is 9.82. The van der Waals surface area contributed by atoms with Gasteiger partial charge in [-0.2, -0.15) is 0 Å². The summed E-state index contributed by atoms with van der Waals surface area (Å²) in [5.74, 6) is -0.929. The third-order valence-corrected chi connectivity index (χ3v) is 2.73. The van der Waals surface area contributed by atoms with Gasteiger partial charge in [-0.3, -0.25) is 4.79 Å². The van der Waals surface area contributed by atoms with E-state index in [1.165, 1.54) is 0 Å². The summed E-state index contributed by atoms with van der Waals surface area (Å²) in [5, 5.41) is 8.92. The van der Waals surface area contributed by atoms with Gasteiger partial charge in [0, 0.05) is 6.54 Å². The van der Waals surface area contributed by atoms with Crippen LogP contribution < -0.4 is 10.5 Å². The molecule has 0 fully saturated rings. The second kappa shape index (κ2) is 5.14. The molecule has 1 unspecified atom stereocenters. The first-order valence-corrected chi connectivity index (χ1v) is 5.15. The van der Waals surface area contributed by atoms with E-state index in [-0.39, 0.29) is 6.54 Å². The molecule has 4 nitrogen and oxygen atoms in total. The average molecular weight is 274 g/mol. The number of hydrogen-bond donors (Lipinski definition) is 2. The van der Waals surface area contributed by atoms with Gasteiger partial charge < -0.3 is 15.6 Å². The Labute approximate surface area is 96.2 Å². The van der Waals surface area contributed by atoms with Gasteiger partial charge in [0.25, 0.3) is 0 Å². The molecule has 0 amide bonds. The molecule has 82 valence electrons. The van der Waals surface area contributed by atoms with Crippen LogP contribution in [-0.4, -0.2) is 24.7 Å². The van der Waals surface area contributed by atoms with Crippen LogP contribution >= 0.6 is 15.9 Å². The van der Waals surface area contributed by atoms with Crippen molar-refractivity contribution in [3.05, 3.63) is 28.2 Å². The van der Waals surface area contributed by atoms with E-state index < -0.39 is 11.9 Å². The van der Waals surface area contributed by atoms with Crippen LogP contribution in [0.2, 0.25) is 0 Å². The number of carbonyl (C=O) groups is 1. The van der Waals surface area contributed by atoms with Crippen molar-refractivity contribution in [3.63, 3.8) is 0 Å². The van der Waals surface area contributed by atoms with Crippen molar-refractivity contribution in [1.82, 2.24) is 0 Å². The Kier molecular flexibility index (Phi) is 4.11. The van der Waals surface area contributed by atoms with Gasteiger partial charge in [-0.25, -0.2) is 0 Å². The van der Waals surface area contributed by atoms with Crippen LogP contribution in [0.25, 0.3) is 0 Å². The fourth-order valence-electron chi connectivity index (χ4n) is 1.28. The summed E-state index contributed by atoms with van der Waals surface area (Å²) in [4.78, 5) is 10.9. The molecule has 0 radical (unpaired) electrons. The van der Waals surface area contributed by atoms with Crippen LogP contribution in [0.3, 0.4) is 0 Å². The maximum Gasteiger partial charge on any atom is 0.312 e. The molecule has 15 heavy (non-hydrogen) atoms. The SMILES string of the molecule is COc1ccc(C(CN)C(=O)O)cc1Br. The van der Waals surface area contributed by atoms with E-state index in [4.69, 9.17) is 15.6 Å². The Balaban J connectivity index is 3.05. The van der Waals surface area contributed by atoms with Gasteiger partial charge in [-0.15, -0.1) is 0 Å². The second-order valence-electron chi connectivity index (χ2n) is 3.02. The second-order valence-corrected chi connectivity index (χ2v) is 3.87. The molecule has 0 aromatic heterocycles. The molecule has 1 aromatic rings. The highest BCUT2D eigenvalue weighted by Crippen LogP contribution is 2.28. The highest BCUT2D eigenvalue weighted by molar-refractivity contribution is 9.10. The molecular formula is C10H12BrNO3. The predicted molar refractivity (Wildman–Crippen MR) is 60.1 cm³/mol. The number of carboxylic acids is 1. The van der Waals surface area contributed by atoms with Crippen molar-refractivity contribution in [2.75, 3.05) is 13.7 Å². The first kappa shape index (κ1) is 12.0. The fourth-order valence-corrected chi connectivity index (χ4v) is 1.84. The summed E-state index contributed by atoms with van der Waals surface area (Å²) in [6, 6.07) is 5.13. The van der Waals surface area contributed by atoms with Gasteiger partial charge in [0.05, 0.1) is 17.5 Å². The molecule has 1 rings (SSSR count). The summed E-state index contributed by atoms with van der Waals surface area (Å²) in [7, 11) is 1.55. The molecule has 0 bridgehead atoms. The van der Waals surface area contributed by atoms with E-state index in [9.17, 15) is 4.79 Å². The lowest BCUT2D eigenvalue weighted by Gasteiger charge is -2.11. The molecule has 5 heteroatoms. The van der Waals surface area contributed by atoms with E-state index >= 15 is 0 Å². The number of rotatable bonds is 4. The van der Waals surface area contributed by atoms with Gasteiger partial charge in [0.15, 0.2) is 0 Å². The maximum atomic E-state index is 10.9. The molecule has 0 saturated heterocycles. The number of ether oxygens (including phenoxy) is 1. The molecule has 1 aromatic carbocycles. The van der Waals surface area contributed by atoms with E-state index in [1.807, 2.05) is 0 Å². The molecule has 0 saturated carbocycles. The van der Waals surface area contributed by atoms with Crippen LogP contribution in [0.1, 0.15) is 11.5 Å². The summed E-state index contributed by atoms with van der Waals surface area (Å²) >= 11 is 3.30. The third kappa shape index (κ3) is 2.70. The van der Waals surface area contributed by atoms with Crippen molar-refractivity contribution < 1.29 is 14.6 Å². The number of halogens is 1. The Morgan fingerprint density at radius 2 is 2.33 bits per heavy atom. The minimum absolute atomic E-state index is 0.0775. The van der Waals surface area contributed by atoms with Crippen LogP contribution in [-0.2, 0) is 4.79 Å². The zero-order chi connectivity index (χ0) is 11.4. The minimum atomic E-state index is -0.922. The lowest BCUT2D eigenvalue weighted by atomic mass is 9.99. The standard InChI is InChI=1S/C10H12BrNO3/c1-15-9-3-2-6(4-8(9)11)7(5-12)10(13)14/h2-4,7H,5,12H2,1H3,(H,13,14). The van der Waals surface area contributed by atoms with Gasteiger partial charge in [0.2, 0.25) is 0 Å². The number of hydrogen-bond acceptors (Lipinski definition) is 3. The molecule has 0 heterocycles. The minimum Gasteiger partial charge on any atom is -0.496 e. The summed E-state index contributed by atoms with van der Waals surface area (Å²) in [6.45, 7) is 0.0775. The van der Waals surface area contributed by atoms with Crippen molar-refractivity contribution in [2.24, 2.45) is 5.73 Å². The lowest BCUT2D eigenvalue weighted by molar-refractivity contribution is -0.138. The van der Waals surface area contributed by atoms with Crippen molar-refractivity contribution >= 4 is 21.9 Å². The molecule has 0 spiro atoms. The number of aliphatic carboxylic acids is 1. The quantitative estimate of drug-likeness (QED) is 0.874. The van der Waals surface area contributed by atoms with Crippen LogP contribution in [0.5, 0.6) is 5.75 Å². The summed E-state index contributed by atoms with van der Waals surface area (Å²) < 4.78 is 5.77. The fraction of sp³-hybridized carbons (Fsp3) is 0.300. The van der Waals surface area contributed by atoms with Crippen LogP contribution in [0.4, 0.5) is 0 Å². The number of nitrogens with two attached hydrogens (primary N) is 1. The molecule has 0 aliphatic carbocycles. The normalized spacial score (nSPS) is 12.2. The smallest absolute Gasteiger partial charge is 0.312 e. The van der Waals surface area contributed by atoms with Gasteiger partial charge in [0.1, 0.15) is 5.75 Å². The molecule has 3 N–H and O–H groups in total. The van der Waals surface area contributed by atoms with Gasteiger partial charge in [-0.1, -0.05) is 6.07 Å². The monoisotopic (exact) mass is 273 g/mol. The molecule has 1 atom stereocenters. The predicted octanol–water partition coefficient (Wildman–Crippen LogP) is 1.58. The van der Waals surface area contributed by atoms with E-state index in [2.05, 4.69) is 15.9 Å².